The Morgan fingerprint density at radius 1 is 0.974 bits per heavy atom. The van der Waals surface area contributed by atoms with Crippen LogP contribution in [0, 0.1) is 5.82 Å². The van der Waals surface area contributed by atoms with Crippen molar-refractivity contribution in [2.24, 2.45) is 0 Å². The van der Waals surface area contributed by atoms with Crippen LogP contribution in [0.5, 0.6) is 6.01 Å². The fourth-order valence-corrected chi connectivity index (χ4v) is 5.72. The second kappa shape index (κ2) is 12.1. The summed E-state index contributed by atoms with van der Waals surface area (Å²) in [7, 11) is 3.64. The lowest BCUT2D eigenvalue weighted by Crippen LogP contribution is -2.10. The molecule has 0 saturated carbocycles. The smallest absolute Gasteiger partial charge is 0.317 e. The molecule has 5 aromatic rings. The molecule has 8 heteroatoms. The minimum atomic E-state index is -0.530. The zero-order valence-corrected chi connectivity index (χ0v) is 22.9. The van der Waals surface area contributed by atoms with Crippen molar-refractivity contribution in [1.82, 2.24) is 19.9 Å². The van der Waals surface area contributed by atoms with Crippen LogP contribution in [0.15, 0.2) is 78.0 Å². The first-order valence-corrected chi connectivity index (χ1v) is 13.8. The molecule has 1 aliphatic heterocycles. The number of thioether (sulfide) groups is 1. The van der Waals surface area contributed by atoms with Gasteiger partial charge in [-0.3, -0.25) is 4.98 Å². The molecule has 0 amide bonds. The molecule has 1 aliphatic rings. The predicted molar refractivity (Wildman–Crippen MR) is 155 cm³/mol. The summed E-state index contributed by atoms with van der Waals surface area (Å²) in [6.45, 7) is 2.64. The maximum Gasteiger partial charge on any atom is 0.317 e. The van der Waals surface area contributed by atoms with Crippen LogP contribution < -0.4 is 4.74 Å². The van der Waals surface area contributed by atoms with Gasteiger partial charge in [-0.2, -0.15) is 9.97 Å². The summed E-state index contributed by atoms with van der Waals surface area (Å²) in [5.41, 5.74) is 2.11. The van der Waals surface area contributed by atoms with Gasteiger partial charge in [-0.1, -0.05) is 72.3 Å². The number of hydrogen-bond donors (Lipinski definition) is 0. The van der Waals surface area contributed by atoms with E-state index in [9.17, 15) is 0 Å². The Balaban J connectivity index is 0.000000433. The first-order valence-electron chi connectivity index (χ1n) is 12.5. The van der Waals surface area contributed by atoms with Crippen molar-refractivity contribution in [2.45, 2.75) is 23.6 Å². The van der Waals surface area contributed by atoms with E-state index in [1.54, 1.807) is 12.3 Å². The van der Waals surface area contributed by atoms with Crippen LogP contribution in [0.3, 0.4) is 0 Å². The fraction of sp³-hybridized carbons (Fsp3) is 0.233. The number of benzene rings is 3. The first kappa shape index (κ1) is 26.4. The number of pyridine rings is 1. The number of nitrogens with zero attached hydrogens (tertiary/aromatic N) is 4. The number of fused-ring (bicyclic) bond motifs is 2. The Kier molecular flexibility index (Phi) is 8.37. The van der Waals surface area contributed by atoms with E-state index in [1.165, 1.54) is 44.8 Å². The average Bonchev–Trinajstić information content (AvgIpc) is 3.43. The van der Waals surface area contributed by atoms with Crippen LogP contribution in [0.4, 0.5) is 4.39 Å². The van der Waals surface area contributed by atoms with Crippen molar-refractivity contribution >= 4 is 45.0 Å². The molecule has 0 radical (unpaired) electrons. The van der Waals surface area contributed by atoms with Crippen molar-refractivity contribution in [1.29, 1.82) is 0 Å². The van der Waals surface area contributed by atoms with Gasteiger partial charge in [-0.05, 0) is 50.0 Å². The molecule has 3 heterocycles. The van der Waals surface area contributed by atoms with E-state index in [0.29, 0.717) is 26.8 Å². The molecule has 38 heavy (non-hydrogen) atoms. The lowest BCUT2D eigenvalue weighted by Gasteiger charge is -2.12. The molecule has 0 bridgehead atoms. The van der Waals surface area contributed by atoms with E-state index in [2.05, 4.69) is 26.9 Å². The number of methoxy groups -OCH3 is 1. The number of aromatic nitrogens is 3. The predicted octanol–water partition coefficient (Wildman–Crippen LogP) is 7.65. The largest absolute Gasteiger partial charge is 0.467 e. The Bertz CT molecular complexity index is 1560. The van der Waals surface area contributed by atoms with E-state index in [4.69, 9.17) is 16.3 Å². The third-order valence-electron chi connectivity index (χ3n) is 6.47. The average molecular weight is 547 g/mol. The zero-order valence-electron chi connectivity index (χ0n) is 21.3. The van der Waals surface area contributed by atoms with Gasteiger partial charge in [-0.25, -0.2) is 4.39 Å². The summed E-state index contributed by atoms with van der Waals surface area (Å²) in [6, 6.07) is 21.3. The van der Waals surface area contributed by atoms with Crippen LogP contribution in [0.1, 0.15) is 18.4 Å². The Morgan fingerprint density at radius 2 is 1.71 bits per heavy atom. The van der Waals surface area contributed by atoms with Gasteiger partial charge >= 0.3 is 6.01 Å². The molecule has 1 fully saturated rings. The minimum Gasteiger partial charge on any atom is -0.467 e. The van der Waals surface area contributed by atoms with Gasteiger partial charge in [0.15, 0.2) is 5.82 Å². The molecule has 0 unspecified atom stereocenters. The highest BCUT2D eigenvalue weighted by Crippen LogP contribution is 2.37. The molecular formula is C30H28ClFN4OS. The van der Waals surface area contributed by atoms with Gasteiger partial charge < -0.3 is 9.64 Å². The maximum atomic E-state index is 15.8. The monoisotopic (exact) mass is 546 g/mol. The van der Waals surface area contributed by atoms with Crippen LogP contribution >= 0.6 is 23.4 Å². The van der Waals surface area contributed by atoms with Gasteiger partial charge in [0.1, 0.15) is 16.2 Å². The number of hydrogen-bond acceptors (Lipinski definition) is 6. The highest BCUT2D eigenvalue weighted by Gasteiger charge is 2.20. The highest BCUT2D eigenvalue weighted by molar-refractivity contribution is 7.98. The van der Waals surface area contributed by atoms with Crippen LogP contribution in [-0.4, -0.2) is 47.1 Å². The summed E-state index contributed by atoms with van der Waals surface area (Å²) < 4.78 is 21.1. The zero-order chi connectivity index (χ0) is 26.5. The van der Waals surface area contributed by atoms with E-state index < -0.39 is 5.82 Å². The summed E-state index contributed by atoms with van der Waals surface area (Å²) in [5, 5.41) is 3.36. The maximum absolute atomic E-state index is 15.8. The lowest BCUT2D eigenvalue weighted by atomic mass is 10.0. The minimum absolute atomic E-state index is 0.111. The molecule has 1 saturated heterocycles. The third kappa shape index (κ3) is 5.75. The summed E-state index contributed by atoms with van der Waals surface area (Å²) in [6.07, 6.45) is 4.45. The van der Waals surface area contributed by atoms with Gasteiger partial charge in [0.25, 0.3) is 0 Å². The summed E-state index contributed by atoms with van der Waals surface area (Å²) in [4.78, 5) is 15.6. The van der Waals surface area contributed by atoms with Gasteiger partial charge in [0.2, 0.25) is 0 Å². The second-order valence-corrected chi connectivity index (χ2v) is 10.5. The number of ether oxygens (including phenoxy) is 1. The van der Waals surface area contributed by atoms with Crippen molar-refractivity contribution in [3.05, 3.63) is 89.3 Å². The lowest BCUT2D eigenvalue weighted by molar-refractivity contribution is 0.378. The molecule has 0 atom stereocenters. The molecule has 194 valence electrons. The Hall–Kier alpha value is -3.26. The molecular weight excluding hydrogens is 519 g/mol. The van der Waals surface area contributed by atoms with Crippen LogP contribution in [-0.2, 0) is 5.75 Å². The fourth-order valence-electron chi connectivity index (χ4n) is 4.49. The van der Waals surface area contributed by atoms with E-state index in [1.807, 2.05) is 60.7 Å². The third-order valence-corrected chi connectivity index (χ3v) is 7.85. The number of halogens is 2. The molecule has 5 nitrogen and oxygen atoms in total. The van der Waals surface area contributed by atoms with E-state index in [-0.39, 0.29) is 17.2 Å². The van der Waals surface area contributed by atoms with Crippen LogP contribution in [0.2, 0.25) is 5.02 Å². The van der Waals surface area contributed by atoms with E-state index in [0.717, 1.165) is 16.3 Å². The van der Waals surface area contributed by atoms with Gasteiger partial charge in [-0.15, -0.1) is 11.8 Å². The molecule has 6 rings (SSSR count). The topological polar surface area (TPSA) is 51.1 Å². The Morgan fingerprint density at radius 3 is 2.39 bits per heavy atom. The SMILES string of the molecule is CN1CCCC1.COc1nc(SCc2ccccc2)c2cnc(-c3cccc4cccc(Cl)c34)c(F)c2n1. The standard InChI is InChI=1S/C25H17ClFN3OS.C5H11N/c1-31-25-29-23-18(24(30-25)32-14-15-7-3-2-4-8-15)13-28-22(21(23)27)17-11-5-9-16-10-6-12-19(26)20(16)17;1-6-4-2-3-5-6/h2-13H,14H2,1H3;2-5H2,1H3. The summed E-state index contributed by atoms with van der Waals surface area (Å²) in [5.74, 6) is 0.149. The number of likely N-dealkylation sites (tertiary alicyclic amines) is 1. The quantitative estimate of drug-likeness (QED) is 0.167. The first-order chi connectivity index (χ1) is 18.5. The molecule has 2 aromatic heterocycles. The van der Waals surface area contributed by atoms with Crippen molar-refractivity contribution in [2.75, 3.05) is 27.2 Å². The van der Waals surface area contributed by atoms with Crippen LogP contribution in [0.25, 0.3) is 32.9 Å². The highest BCUT2D eigenvalue weighted by atomic mass is 35.5. The summed E-state index contributed by atoms with van der Waals surface area (Å²) >= 11 is 7.94. The molecule has 0 aliphatic carbocycles. The van der Waals surface area contributed by atoms with Crippen molar-refractivity contribution in [3.63, 3.8) is 0 Å². The van der Waals surface area contributed by atoms with Crippen molar-refractivity contribution in [3.8, 4) is 17.3 Å². The van der Waals surface area contributed by atoms with Crippen molar-refractivity contribution < 1.29 is 9.13 Å². The number of rotatable bonds is 5. The van der Waals surface area contributed by atoms with E-state index >= 15 is 4.39 Å². The normalized spacial score (nSPS) is 13.5. The molecule has 3 aromatic carbocycles. The second-order valence-electron chi connectivity index (χ2n) is 9.13. The molecule has 0 N–H and O–H groups in total. The Labute approximate surface area is 231 Å². The van der Waals surface area contributed by atoms with Gasteiger partial charge in [0, 0.05) is 27.9 Å². The van der Waals surface area contributed by atoms with Gasteiger partial charge in [0.05, 0.1) is 12.5 Å². The molecule has 0 spiro atoms.